The van der Waals surface area contributed by atoms with E-state index in [4.69, 9.17) is 37.9 Å². The third kappa shape index (κ3) is 6.33. The summed E-state index contributed by atoms with van der Waals surface area (Å²) in [4.78, 5) is 0. The Labute approximate surface area is 164 Å². The number of aliphatic hydroxyl groups excluding tert-OH is 1. The van der Waals surface area contributed by atoms with Crippen molar-refractivity contribution in [2.24, 2.45) is 5.41 Å². The molecule has 1 N–H and O–H groups in total. The van der Waals surface area contributed by atoms with E-state index >= 15 is 0 Å². The zero-order valence-electron chi connectivity index (χ0n) is 13.1. The fraction of sp³-hybridized carbons (Fsp3) is 1.00. The van der Waals surface area contributed by atoms with E-state index in [-0.39, 0.29) is 13.7 Å². The highest BCUT2D eigenvalue weighted by atomic mass is 32.2. The van der Waals surface area contributed by atoms with Crippen LogP contribution in [0.1, 0.15) is 27.7 Å². The van der Waals surface area contributed by atoms with Gasteiger partial charge in [-0.2, -0.15) is 37.9 Å². The summed E-state index contributed by atoms with van der Waals surface area (Å²) in [5.41, 5.74) is -0.981. The molecule has 4 unspecified atom stereocenters. The van der Waals surface area contributed by atoms with E-state index < -0.39 is 10.9 Å². The van der Waals surface area contributed by atoms with Crippen LogP contribution in [0, 0.1) is 5.41 Å². The molecule has 0 aliphatic rings. The molecular weight excluding hydrogens is 397 g/mol. The molecule has 8 heteroatoms. The summed E-state index contributed by atoms with van der Waals surface area (Å²) in [6, 6.07) is 0. The normalized spacial score (nSPS) is 20.6. The van der Waals surface area contributed by atoms with Crippen molar-refractivity contribution >= 4 is 84.9 Å². The fourth-order valence-corrected chi connectivity index (χ4v) is 10.4. The molecule has 21 heavy (non-hydrogen) atoms. The lowest BCUT2D eigenvalue weighted by Gasteiger charge is -2.48. The van der Waals surface area contributed by atoms with E-state index in [1.165, 1.54) is 0 Å². The average molecular weight is 425 g/mol. The number of hydrogen-bond donors (Lipinski definition) is 4. The molecule has 128 valence electrons. The van der Waals surface area contributed by atoms with Crippen molar-refractivity contribution in [3.05, 3.63) is 0 Å². The SMILES string of the molecule is CCSC(O)C(C(S)SCC)(C(S)SCC)C(S)SCC. The monoisotopic (exact) mass is 424 g/mol. The maximum Gasteiger partial charge on any atom is 0.110 e. The van der Waals surface area contributed by atoms with Gasteiger partial charge in [-0.05, 0) is 23.0 Å². The lowest BCUT2D eigenvalue weighted by molar-refractivity contribution is 0.137. The lowest BCUT2D eigenvalue weighted by Crippen LogP contribution is -2.52. The van der Waals surface area contributed by atoms with E-state index in [9.17, 15) is 5.11 Å². The molecule has 0 bridgehead atoms. The Bertz CT molecular complexity index is 213. The summed E-state index contributed by atoms with van der Waals surface area (Å²) in [6.45, 7) is 8.44. The van der Waals surface area contributed by atoms with Crippen molar-refractivity contribution in [1.29, 1.82) is 0 Å². The van der Waals surface area contributed by atoms with Crippen LogP contribution in [-0.2, 0) is 0 Å². The molecule has 0 saturated heterocycles. The molecule has 1 nitrogen and oxygen atoms in total. The topological polar surface area (TPSA) is 20.2 Å². The van der Waals surface area contributed by atoms with Gasteiger partial charge >= 0.3 is 0 Å². The molecule has 0 heterocycles. The minimum atomic E-state index is -0.521. The van der Waals surface area contributed by atoms with Crippen LogP contribution in [0.2, 0.25) is 0 Å². The molecule has 0 saturated carbocycles. The van der Waals surface area contributed by atoms with Gasteiger partial charge in [0.2, 0.25) is 0 Å². The highest BCUT2D eigenvalue weighted by Gasteiger charge is 2.53. The van der Waals surface area contributed by atoms with Gasteiger partial charge in [0.15, 0.2) is 0 Å². The second kappa shape index (κ2) is 12.7. The fourth-order valence-electron chi connectivity index (χ4n) is 1.94. The third-order valence-electron chi connectivity index (χ3n) is 3.01. The Morgan fingerprint density at radius 2 is 1.00 bits per heavy atom. The molecule has 0 spiro atoms. The van der Waals surface area contributed by atoms with Crippen LogP contribution >= 0.6 is 84.9 Å². The Morgan fingerprint density at radius 3 is 1.24 bits per heavy atom. The van der Waals surface area contributed by atoms with Gasteiger partial charge in [-0.1, -0.05) is 27.7 Å². The van der Waals surface area contributed by atoms with E-state index in [1.807, 2.05) is 0 Å². The van der Waals surface area contributed by atoms with Gasteiger partial charge in [0.1, 0.15) is 5.44 Å². The maximum atomic E-state index is 10.9. The zero-order valence-corrected chi connectivity index (χ0v) is 19.0. The maximum absolute atomic E-state index is 10.9. The van der Waals surface area contributed by atoms with Gasteiger partial charge in [0.05, 0.1) is 19.2 Å². The number of aliphatic hydroxyl groups is 1. The molecule has 0 aromatic carbocycles. The Morgan fingerprint density at radius 1 is 0.714 bits per heavy atom. The van der Waals surface area contributed by atoms with Crippen LogP contribution in [0.4, 0.5) is 0 Å². The first-order chi connectivity index (χ1) is 9.93. The first-order valence-corrected chi connectivity index (χ1v) is 12.9. The van der Waals surface area contributed by atoms with Gasteiger partial charge in [-0.15, -0.1) is 47.0 Å². The largest absolute Gasteiger partial charge is 0.382 e. The minimum Gasteiger partial charge on any atom is -0.382 e. The average Bonchev–Trinajstić information content (AvgIpc) is 2.40. The summed E-state index contributed by atoms with van der Waals surface area (Å²) in [5, 5.41) is 10.9. The van der Waals surface area contributed by atoms with Crippen LogP contribution in [0.3, 0.4) is 0 Å². The van der Waals surface area contributed by atoms with Gasteiger partial charge in [-0.3, -0.25) is 0 Å². The van der Waals surface area contributed by atoms with Crippen LogP contribution in [-0.4, -0.2) is 47.3 Å². The van der Waals surface area contributed by atoms with Crippen molar-refractivity contribution in [2.75, 3.05) is 23.0 Å². The van der Waals surface area contributed by atoms with E-state index in [2.05, 4.69) is 27.7 Å². The van der Waals surface area contributed by atoms with Crippen molar-refractivity contribution in [1.82, 2.24) is 0 Å². The second-order valence-corrected chi connectivity index (χ2v) is 12.3. The number of thioether (sulfide) groups is 4. The molecule has 0 aliphatic carbocycles. The Hall–Kier alpha value is 2.41. The summed E-state index contributed by atoms with van der Waals surface area (Å²) in [6.07, 6.45) is 0. The van der Waals surface area contributed by atoms with Crippen molar-refractivity contribution < 1.29 is 5.11 Å². The molecule has 0 amide bonds. The molecule has 4 atom stereocenters. The molecule has 0 fully saturated rings. The summed E-state index contributed by atoms with van der Waals surface area (Å²) < 4.78 is -0.000972. The number of hydrogen-bond acceptors (Lipinski definition) is 8. The Kier molecular flexibility index (Phi) is 14.2. The number of thiol groups is 3. The quantitative estimate of drug-likeness (QED) is 0.258. The molecule has 0 radical (unpaired) electrons. The van der Waals surface area contributed by atoms with Gasteiger partial charge in [0, 0.05) is 0 Å². The first kappa shape index (κ1) is 23.4. The van der Waals surface area contributed by atoms with E-state index in [0.717, 1.165) is 23.0 Å². The van der Waals surface area contributed by atoms with Crippen LogP contribution < -0.4 is 0 Å². The van der Waals surface area contributed by atoms with Crippen molar-refractivity contribution in [2.45, 2.75) is 46.9 Å². The highest BCUT2D eigenvalue weighted by Crippen LogP contribution is 2.55. The summed E-state index contributed by atoms with van der Waals surface area (Å²) in [5.74, 6) is 3.77. The lowest BCUT2D eigenvalue weighted by atomic mass is 9.95. The highest BCUT2D eigenvalue weighted by molar-refractivity contribution is 8.13. The predicted molar refractivity (Wildman–Crippen MR) is 119 cm³/mol. The third-order valence-corrected chi connectivity index (χ3v) is 9.92. The molecular formula is C13H28OS7. The van der Waals surface area contributed by atoms with E-state index in [1.54, 1.807) is 47.0 Å². The van der Waals surface area contributed by atoms with Gasteiger partial charge in [-0.25, -0.2) is 0 Å². The summed E-state index contributed by atoms with van der Waals surface area (Å²) in [7, 11) is 0. The molecule has 0 aromatic heterocycles. The minimum absolute atomic E-state index is 0.000324. The van der Waals surface area contributed by atoms with Gasteiger partial charge < -0.3 is 5.11 Å². The van der Waals surface area contributed by atoms with Crippen LogP contribution in [0.15, 0.2) is 0 Å². The molecule has 0 aromatic rings. The standard InChI is InChI=1S/C13H28OS7/c1-5-18-9(14)13(10(15)19-6-2,11(16)20-7-3)12(17)21-8-4/h9-12,14-17H,5-8H2,1-4H3. The molecule has 0 aliphatic heterocycles. The smallest absolute Gasteiger partial charge is 0.110 e. The Balaban J connectivity index is 5.67. The van der Waals surface area contributed by atoms with Gasteiger partial charge in [0.25, 0.3) is 0 Å². The van der Waals surface area contributed by atoms with E-state index in [0.29, 0.717) is 0 Å². The van der Waals surface area contributed by atoms with Crippen molar-refractivity contribution in [3.63, 3.8) is 0 Å². The second-order valence-electron chi connectivity index (χ2n) is 4.23. The molecule has 0 rings (SSSR count). The van der Waals surface area contributed by atoms with Crippen LogP contribution in [0.5, 0.6) is 0 Å². The van der Waals surface area contributed by atoms with Crippen LogP contribution in [0.25, 0.3) is 0 Å². The predicted octanol–water partition coefficient (Wildman–Crippen LogP) is 5.07. The first-order valence-electron chi connectivity index (χ1n) is 7.11. The van der Waals surface area contributed by atoms with Crippen molar-refractivity contribution in [3.8, 4) is 0 Å². The summed E-state index contributed by atoms with van der Waals surface area (Å²) >= 11 is 21.4. The number of rotatable bonds is 12. The zero-order chi connectivity index (χ0) is 16.5.